The molecule has 0 nitrogen and oxygen atoms in total. The van der Waals surface area contributed by atoms with Crippen molar-refractivity contribution >= 4 is 12.7 Å². The molecule has 0 unspecified atom stereocenters. The van der Waals surface area contributed by atoms with Crippen molar-refractivity contribution in [1.29, 1.82) is 0 Å². The average molecular weight is 147 g/mol. The van der Waals surface area contributed by atoms with Crippen LogP contribution < -0.4 is 5.46 Å². The number of rotatable bonds is 1. The second kappa shape index (κ2) is 3.12. The van der Waals surface area contributed by atoms with Crippen molar-refractivity contribution in [2.45, 2.75) is 27.6 Å². The van der Waals surface area contributed by atoms with Gasteiger partial charge in [0.25, 0.3) is 0 Å². The third-order valence-electron chi connectivity index (χ3n) is 2.57. The highest BCUT2D eigenvalue weighted by molar-refractivity contribution is 6.53. The van der Waals surface area contributed by atoms with E-state index in [4.69, 9.17) is 0 Å². The van der Waals surface area contributed by atoms with Crippen LogP contribution in [0.2, 0.25) is 6.82 Å². The van der Waals surface area contributed by atoms with Crippen molar-refractivity contribution < 1.29 is 0 Å². The molecule has 60 valence electrons. The summed E-state index contributed by atoms with van der Waals surface area (Å²) in [7, 11) is 0.131. The molecule has 11 heavy (non-hydrogen) atoms. The Hall–Kier alpha value is -0.715. The van der Waals surface area contributed by atoms with E-state index in [1.807, 2.05) is 0 Å². The molecule has 1 heteroatoms. The predicted molar refractivity (Wildman–Crippen MR) is 54.7 cm³/mol. The summed E-state index contributed by atoms with van der Waals surface area (Å²) in [5, 5.41) is 0. The maximum atomic E-state index is 2.34. The lowest BCUT2D eigenvalue weighted by molar-refractivity contribution is 1.35. The van der Waals surface area contributed by atoms with Gasteiger partial charge in [0.15, 0.2) is 0 Å². The first-order valence-corrected chi connectivity index (χ1v) is 4.65. The number of hydrogen-bond donors (Lipinski definition) is 0. The third-order valence-corrected chi connectivity index (χ3v) is 2.57. The van der Waals surface area contributed by atoms with Gasteiger partial charge in [-0.1, -0.05) is 28.8 Å². The van der Waals surface area contributed by atoms with E-state index < -0.39 is 0 Å². The van der Waals surface area contributed by atoms with Crippen LogP contribution in [0.4, 0.5) is 0 Å². The molecular weight excluding hydrogens is 131 g/mol. The van der Waals surface area contributed by atoms with Crippen molar-refractivity contribution in [2.75, 3.05) is 0 Å². The zero-order valence-electron chi connectivity index (χ0n) is 8.15. The van der Waals surface area contributed by atoms with E-state index in [0.29, 0.717) is 0 Å². The van der Waals surface area contributed by atoms with E-state index in [1.165, 1.54) is 16.7 Å². The molecule has 0 atom stereocenters. The van der Waals surface area contributed by atoms with Gasteiger partial charge in [-0.15, -0.1) is 0 Å². The summed E-state index contributed by atoms with van der Waals surface area (Å²) in [6, 6.07) is 4.57. The fourth-order valence-electron chi connectivity index (χ4n) is 2.04. The normalized spacial score (nSPS) is 10.2. The molecule has 0 radical (unpaired) electrons. The Kier molecular flexibility index (Phi) is 2.38. The smallest absolute Gasteiger partial charge is 0.00672 e. The highest BCUT2D eigenvalue weighted by Gasteiger charge is 1.94. The molecule has 1 aromatic carbocycles. The van der Waals surface area contributed by atoms with E-state index in [0.717, 1.165) is 0 Å². The third kappa shape index (κ3) is 1.65. The topological polar surface area (TPSA) is 0 Å². The van der Waals surface area contributed by atoms with Crippen LogP contribution in [-0.2, 0) is 0 Å². The maximum Gasteiger partial charge on any atom is -0.00672 e. The number of benzene rings is 1. The van der Waals surface area contributed by atoms with Crippen molar-refractivity contribution in [3.8, 4) is 0 Å². The van der Waals surface area contributed by atoms with Crippen molar-refractivity contribution in [2.24, 2.45) is 0 Å². The van der Waals surface area contributed by atoms with E-state index in [1.54, 1.807) is 5.46 Å². The summed E-state index contributed by atoms with van der Waals surface area (Å²) in [5.74, 6) is 0. The molecule has 0 saturated carbocycles. The Bertz CT molecular complexity index is 241. The summed E-state index contributed by atoms with van der Waals surface area (Å²) < 4.78 is 0. The Balaban J connectivity index is 3.25. The SMILES string of the molecule is C[BH2-]c1c(C)cc(C)cc1C. The second-order valence-electron chi connectivity index (χ2n) is 3.52. The molecular formula is C10H16B-. The average Bonchev–Trinajstić information content (AvgIpc) is 1.85. The quantitative estimate of drug-likeness (QED) is 0.527. The molecule has 0 saturated heterocycles. The lowest BCUT2D eigenvalue weighted by atomic mass is 9.68. The van der Waals surface area contributed by atoms with Gasteiger partial charge in [-0.2, -0.15) is 6.82 Å². The monoisotopic (exact) mass is 147 g/mol. The van der Waals surface area contributed by atoms with Gasteiger partial charge in [0.2, 0.25) is 0 Å². The lowest BCUT2D eigenvalue weighted by Gasteiger charge is -2.13. The van der Waals surface area contributed by atoms with Gasteiger partial charge in [-0.25, -0.2) is 5.46 Å². The van der Waals surface area contributed by atoms with Crippen LogP contribution in [0.1, 0.15) is 16.7 Å². The number of hydrogen-bond acceptors (Lipinski definition) is 0. The summed E-state index contributed by atoms with van der Waals surface area (Å²) >= 11 is 0. The van der Waals surface area contributed by atoms with Gasteiger partial charge in [0.05, 0.1) is 0 Å². The van der Waals surface area contributed by atoms with Crippen molar-refractivity contribution in [3.63, 3.8) is 0 Å². The molecule has 0 amide bonds. The summed E-state index contributed by atoms with van der Waals surface area (Å²) in [4.78, 5) is 0. The summed E-state index contributed by atoms with van der Waals surface area (Å²) in [6.45, 7) is 8.95. The molecule has 0 heterocycles. The molecule has 1 aromatic rings. The minimum absolute atomic E-state index is 0.131. The van der Waals surface area contributed by atoms with E-state index >= 15 is 0 Å². The van der Waals surface area contributed by atoms with Crippen LogP contribution in [0.5, 0.6) is 0 Å². The number of aryl methyl sites for hydroxylation is 3. The molecule has 0 aliphatic heterocycles. The molecule has 0 fully saturated rings. The molecule has 1 rings (SSSR count). The molecule has 0 spiro atoms. The fourth-order valence-corrected chi connectivity index (χ4v) is 2.04. The van der Waals surface area contributed by atoms with Crippen molar-refractivity contribution in [1.82, 2.24) is 0 Å². The summed E-state index contributed by atoms with van der Waals surface area (Å²) in [5.41, 5.74) is 6.01. The molecule has 0 aromatic heterocycles. The van der Waals surface area contributed by atoms with Gasteiger partial charge in [-0.05, 0) is 28.1 Å². The van der Waals surface area contributed by atoms with Crippen LogP contribution in [-0.4, -0.2) is 7.28 Å². The first-order chi connectivity index (χ1) is 5.15. The van der Waals surface area contributed by atoms with Crippen LogP contribution in [0, 0.1) is 20.8 Å². The minimum atomic E-state index is 0.131. The van der Waals surface area contributed by atoms with E-state index in [9.17, 15) is 0 Å². The van der Waals surface area contributed by atoms with Gasteiger partial charge < -0.3 is 0 Å². The molecule has 0 aliphatic rings. The lowest BCUT2D eigenvalue weighted by Crippen LogP contribution is -2.18. The Morgan fingerprint density at radius 2 is 1.45 bits per heavy atom. The standard InChI is InChI=1S/C10H16B/c1-7-5-8(2)10(11-4)9(3)6-7/h5-6H,11H2,1-4H3/q-1. The Labute approximate surface area is 69.9 Å². The van der Waals surface area contributed by atoms with Crippen LogP contribution >= 0.6 is 0 Å². The van der Waals surface area contributed by atoms with Gasteiger partial charge in [-0.3, -0.25) is 0 Å². The zero-order chi connectivity index (χ0) is 8.43. The second-order valence-corrected chi connectivity index (χ2v) is 3.52. The van der Waals surface area contributed by atoms with E-state index in [-0.39, 0.29) is 7.28 Å². The highest BCUT2D eigenvalue weighted by atomic mass is 14.0. The van der Waals surface area contributed by atoms with Crippen LogP contribution in [0.25, 0.3) is 0 Å². The first kappa shape index (κ1) is 8.38. The largest absolute Gasteiger partial charge is 0.212 e. The summed E-state index contributed by atoms with van der Waals surface area (Å²) in [6.07, 6.45) is 0. The van der Waals surface area contributed by atoms with Gasteiger partial charge in [0.1, 0.15) is 0 Å². The van der Waals surface area contributed by atoms with Crippen molar-refractivity contribution in [3.05, 3.63) is 28.8 Å². The zero-order valence-corrected chi connectivity index (χ0v) is 8.15. The van der Waals surface area contributed by atoms with Gasteiger partial charge >= 0.3 is 0 Å². The van der Waals surface area contributed by atoms with Gasteiger partial charge in [0, 0.05) is 0 Å². The molecule has 0 bridgehead atoms. The molecule has 0 aliphatic carbocycles. The first-order valence-electron chi connectivity index (χ1n) is 4.65. The predicted octanol–water partition coefficient (Wildman–Crippen LogP) is 1.45. The minimum Gasteiger partial charge on any atom is -0.212 e. The Morgan fingerprint density at radius 1 is 1.00 bits per heavy atom. The van der Waals surface area contributed by atoms with Crippen LogP contribution in [0.15, 0.2) is 12.1 Å². The maximum absolute atomic E-state index is 2.34. The fraction of sp³-hybridized carbons (Fsp3) is 0.400. The Morgan fingerprint density at radius 3 is 1.82 bits per heavy atom. The van der Waals surface area contributed by atoms with E-state index in [2.05, 4.69) is 39.7 Å². The van der Waals surface area contributed by atoms with Crippen LogP contribution in [0.3, 0.4) is 0 Å². The molecule has 0 N–H and O–H groups in total. The highest BCUT2D eigenvalue weighted by Crippen LogP contribution is 2.04.